The minimum Gasteiger partial charge on any atom is -0.312 e. The van der Waals surface area contributed by atoms with Gasteiger partial charge < -0.3 is 4.90 Å². The van der Waals surface area contributed by atoms with Crippen molar-refractivity contribution < 1.29 is 4.79 Å². The summed E-state index contributed by atoms with van der Waals surface area (Å²) in [5.74, 6) is 0.136. The van der Waals surface area contributed by atoms with E-state index in [0.29, 0.717) is 19.5 Å². The zero-order chi connectivity index (χ0) is 14.1. The molecule has 1 amide bonds. The number of nitrogens with one attached hydrogen (secondary N) is 1. The predicted molar refractivity (Wildman–Crippen MR) is 78.3 cm³/mol. The van der Waals surface area contributed by atoms with Crippen molar-refractivity contribution in [2.75, 3.05) is 18.0 Å². The lowest BCUT2D eigenvalue weighted by atomic mass is 10.1. The quantitative estimate of drug-likeness (QED) is 0.530. The van der Waals surface area contributed by atoms with Gasteiger partial charge in [0.1, 0.15) is 4.60 Å². The Morgan fingerprint density at radius 3 is 3.25 bits per heavy atom. The fraction of sp³-hybridized carbons (Fsp3) is 0.333. The molecule has 102 valence electrons. The maximum atomic E-state index is 12.0. The fourth-order valence-corrected chi connectivity index (χ4v) is 2.86. The molecule has 8 heteroatoms. The molecule has 1 aromatic heterocycles. The first kappa shape index (κ1) is 13.0. The monoisotopic (exact) mass is 334 g/mol. The van der Waals surface area contributed by atoms with E-state index in [0.717, 1.165) is 21.2 Å². The predicted octanol–water partition coefficient (Wildman–Crippen LogP) is 2.99. The molecule has 1 N–H and O–H groups in total. The summed E-state index contributed by atoms with van der Waals surface area (Å²) in [6, 6.07) is 5.70. The number of benzene rings is 1. The summed E-state index contributed by atoms with van der Waals surface area (Å²) in [6.45, 7) is 0.934. The first-order chi connectivity index (χ1) is 9.69. The average Bonchev–Trinajstić information content (AvgIpc) is 3.00. The first-order valence-electron chi connectivity index (χ1n) is 6.14. The SMILES string of the molecule is [N-]=[N+]=NCC1CC(=O)N(c2ccc3c(Br)[nH]nc3c2)C1. The number of hydrogen-bond donors (Lipinski definition) is 1. The number of carbonyl (C=O) groups excluding carboxylic acids is 1. The second-order valence-corrected chi connectivity index (χ2v) is 5.52. The van der Waals surface area contributed by atoms with E-state index < -0.39 is 0 Å². The molecule has 20 heavy (non-hydrogen) atoms. The van der Waals surface area contributed by atoms with Gasteiger partial charge in [0.15, 0.2) is 0 Å². The molecule has 0 saturated carbocycles. The highest BCUT2D eigenvalue weighted by Gasteiger charge is 2.30. The number of fused-ring (bicyclic) bond motifs is 1. The van der Waals surface area contributed by atoms with Crippen molar-refractivity contribution in [2.24, 2.45) is 11.0 Å². The Morgan fingerprint density at radius 1 is 1.60 bits per heavy atom. The Labute approximate surface area is 122 Å². The van der Waals surface area contributed by atoms with Crippen LogP contribution < -0.4 is 4.90 Å². The van der Waals surface area contributed by atoms with Crippen molar-refractivity contribution in [3.05, 3.63) is 33.2 Å². The summed E-state index contributed by atoms with van der Waals surface area (Å²) in [6.07, 6.45) is 0.418. The van der Waals surface area contributed by atoms with Crippen LogP contribution in [0.25, 0.3) is 21.3 Å². The van der Waals surface area contributed by atoms with Gasteiger partial charge in [-0.15, -0.1) is 0 Å². The molecule has 0 bridgehead atoms. The topological polar surface area (TPSA) is 97.8 Å². The maximum Gasteiger partial charge on any atom is 0.227 e. The van der Waals surface area contributed by atoms with Gasteiger partial charge in [-0.3, -0.25) is 9.89 Å². The van der Waals surface area contributed by atoms with Gasteiger partial charge >= 0.3 is 0 Å². The Morgan fingerprint density at radius 2 is 2.45 bits per heavy atom. The number of halogens is 1. The number of H-pyrrole nitrogens is 1. The molecular formula is C12H11BrN6O. The van der Waals surface area contributed by atoms with Gasteiger partial charge in [0.25, 0.3) is 0 Å². The normalized spacial score (nSPS) is 18.6. The number of anilines is 1. The van der Waals surface area contributed by atoms with Crippen molar-refractivity contribution in [1.82, 2.24) is 10.2 Å². The highest BCUT2D eigenvalue weighted by Crippen LogP contribution is 2.29. The summed E-state index contributed by atoms with van der Waals surface area (Å²) in [5.41, 5.74) is 9.97. The van der Waals surface area contributed by atoms with Crippen molar-refractivity contribution in [3.63, 3.8) is 0 Å². The van der Waals surface area contributed by atoms with Crippen LogP contribution in [0.15, 0.2) is 27.9 Å². The molecule has 1 aliphatic rings. The van der Waals surface area contributed by atoms with Gasteiger partial charge in [-0.1, -0.05) is 5.11 Å². The standard InChI is InChI=1S/C12H11BrN6O/c13-12-9-2-1-8(4-10(9)16-17-12)19-6-7(3-11(19)20)5-15-18-14/h1-2,4,7H,3,5-6H2,(H,16,17). The van der Waals surface area contributed by atoms with E-state index in [4.69, 9.17) is 5.53 Å². The van der Waals surface area contributed by atoms with Gasteiger partial charge in [0, 0.05) is 35.5 Å². The zero-order valence-corrected chi connectivity index (χ0v) is 12.0. The van der Waals surface area contributed by atoms with E-state index >= 15 is 0 Å². The van der Waals surface area contributed by atoms with E-state index in [1.54, 1.807) is 4.90 Å². The first-order valence-corrected chi connectivity index (χ1v) is 6.93. The zero-order valence-electron chi connectivity index (χ0n) is 10.5. The number of nitrogens with zero attached hydrogens (tertiary/aromatic N) is 5. The van der Waals surface area contributed by atoms with Gasteiger partial charge in [-0.2, -0.15) is 5.10 Å². The van der Waals surface area contributed by atoms with Crippen LogP contribution in [0.4, 0.5) is 5.69 Å². The lowest BCUT2D eigenvalue weighted by Gasteiger charge is -2.16. The largest absolute Gasteiger partial charge is 0.312 e. The second-order valence-electron chi connectivity index (χ2n) is 4.73. The van der Waals surface area contributed by atoms with E-state index in [-0.39, 0.29) is 11.8 Å². The third-order valence-electron chi connectivity index (χ3n) is 3.41. The number of aromatic nitrogens is 2. The lowest BCUT2D eigenvalue weighted by Crippen LogP contribution is -2.24. The van der Waals surface area contributed by atoms with Crippen molar-refractivity contribution >= 4 is 38.4 Å². The summed E-state index contributed by atoms with van der Waals surface area (Å²) in [4.78, 5) is 16.5. The molecule has 1 unspecified atom stereocenters. The number of azide groups is 1. The summed E-state index contributed by atoms with van der Waals surface area (Å²) in [7, 11) is 0. The minimum absolute atomic E-state index is 0.0529. The van der Waals surface area contributed by atoms with Crippen molar-refractivity contribution in [2.45, 2.75) is 6.42 Å². The van der Waals surface area contributed by atoms with E-state index in [1.807, 2.05) is 18.2 Å². The average molecular weight is 335 g/mol. The number of hydrogen-bond acceptors (Lipinski definition) is 3. The molecule has 3 rings (SSSR count). The van der Waals surface area contributed by atoms with Crippen LogP contribution in [0.2, 0.25) is 0 Å². The summed E-state index contributed by atoms with van der Waals surface area (Å²) >= 11 is 3.38. The molecule has 2 heterocycles. The maximum absolute atomic E-state index is 12.0. The van der Waals surface area contributed by atoms with Crippen LogP contribution in [-0.4, -0.2) is 29.2 Å². The van der Waals surface area contributed by atoms with Gasteiger partial charge in [-0.25, -0.2) is 0 Å². The van der Waals surface area contributed by atoms with E-state index in [2.05, 4.69) is 36.2 Å². The van der Waals surface area contributed by atoms with E-state index in [9.17, 15) is 4.79 Å². The van der Waals surface area contributed by atoms with Gasteiger partial charge in [0.2, 0.25) is 5.91 Å². The molecule has 2 aromatic rings. The molecule has 1 fully saturated rings. The Kier molecular flexibility index (Phi) is 3.33. The van der Waals surface area contributed by atoms with Gasteiger partial charge in [0.05, 0.1) is 5.52 Å². The van der Waals surface area contributed by atoms with Crippen LogP contribution in [0.5, 0.6) is 0 Å². The number of aromatic amines is 1. The Hall–Kier alpha value is -2.05. The van der Waals surface area contributed by atoms with Crippen LogP contribution in [-0.2, 0) is 4.79 Å². The second kappa shape index (κ2) is 5.15. The molecule has 1 atom stereocenters. The molecule has 1 aliphatic heterocycles. The van der Waals surface area contributed by atoms with Crippen LogP contribution in [0, 0.1) is 5.92 Å². The third kappa shape index (κ3) is 2.23. The molecule has 0 radical (unpaired) electrons. The van der Waals surface area contributed by atoms with Crippen molar-refractivity contribution in [1.29, 1.82) is 0 Å². The minimum atomic E-state index is 0.0529. The van der Waals surface area contributed by atoms with E-state index in [1.165, 1.54) is 0 Å². The van der Waals surface area contributed by atoms with Crippen molar-refractivity contribution in [3.8, 4) is 0 Å². The molecule has 7 nitrogen and oxygen atoms in total. The third-order valence-corrected chi connectivity index (χ3v) is 4.02. The molecular weight excluding hydrogens is 324 g/mol. The number of rotatable bonds is 3. The van der Waals surface area contributed by atoms with Crippen LogP contribution in [0.1, 0.15) is 6.42 Å². The number of carbonyl (C=O) groups is 1. The highest BCUT2D eigenvalue weighted by atomic mass is 79.9. The molecule has 1 saturated heterocycles. The lowest BCUT2D eigenvalue weighted by molar-refractivity contribution is -0.117. The molecule has 1 aromatic carbocycles. The van der Waals surface area contributed by atoms with Gasteiger partial charge in [-0.05, 0) is 45.6 Å². The molecule has 0 spiro atoms. The van der Waals surface area contributed by atoms with Crippen LogP contribution in [0.3, 0.4) is 0 Å². The van der Waals surface area contributed by atoms with Crippen LogP contribution >= 0.6 is 15.9 Å². The number of amides is 1. The fourth-order valence-electron chi connectivity index (χ4n) is 2.44. The summed E-state index contributed by atoms with van der Waals surface area (Å²) < 4.78 is 0.827. The Balaban J connectivity index is 1.87. The summed E-state index contributed by atoms with van der Waals surface area (Å²) in [5, 5.41) is 11.5. The smallest absolute Gasteiger partial charge is 0.227 e. The Bertz CT molecular complexity index is 720. The molecule has 0 aliphatic carbocycles. The highest BCUT2D eigenvalue weighted by molar-refractivity contribution is 9.10.